The van der Waals surface area contributed by atoms with Gasteiger partial charge in [0.2, 0.25) is 0 Å². The van der Waals surface area contributed by atoms with Gasteiger partial charge in [0.05, 0.1) is 5.69 Å². The Morgan fingerprint density at radius 3 is 2.95 bits per heavy atom. The van der Waals surface area contributed by atoms with Gasteiger partial charge in [0.15, 0.2) is 5.13 Å². The van der Waals surface area contributed by atoms with Crippen molar-refractivity contribution in [3.63, 3.8) is 0 Å². The van der Waals surface area contributed by atoms with Gasteiger partial charge in [0.25, 0.3) is 0 Å². The molecule has 1 heterocycles. The summed E-state index contributed by atoms with van der Waals surface area (Å²) < 4.78 is 13.1. The maximum atomic E-state index is 13.1. The van der Waals surface area contributed by atoms with E-state index in [0.717, 1.165) is 16.4 Å². The summed E-state index contributed by atoms with van der Waals surface area (Å²) in [6.07, 6.45) is 0. The lowest BCUT2D eigenvalue weighted by molar-refractivity contribution is 0.625. The summed E-state index contributed by atoms with van der Waals surface area (Å²) in [5.74, 6) is -0.200. The molecular weight excluding hydrogens is 261 g/mol. The second-order valence-electron chi connectivity index (χ2n) is 4.55. The van der Waals surface area contributed by atoms with E-state index in [0.29, 0.717) is 6.54 Å². The third-order valence-corrected chi connectivity index (χ3v) is 3.99. The maximum Gasteiger partial charge on any atom is 0.185 e. The zero-order chi connectivity index (χ0) is 13.8. The molecule has 1 atom stereocenters. The molecule has 0 aliphatic heterocycles. The quantitative estimate of drug-likeness (QED) is 0.911. The lowest BCUT2D eigenvalue weighted by atomic mass is 10.2. The molecule has 0 bridgehead atoms. The summed E-state index contributed by atoms with van der Waals surface area (Å²) in [5, 5.41) is 6.17. The van der Waals surface area contributed by atoms with Crippen LogP contribution in [0.5, 0.6) is 0 Å². The van der Waals surface area contributed by atoms with Crippen molar-refractivity contribution in [1.29, 1.82) is 0 Å². The van der Waals surface area contributed by atoms with Crippen molar-refractivity contribution >= 4 is 16.5 Å². The molecule has 2 aromatic rings. The molecule has 102 valence electrons. The van der Waals surface area contributed by atoms with Crippen LogP contribution in [0.15, 0.2) is 29.6 Å². The number of benzene rings is 1. The first kappa shape index (κ1) is 14.0. The van der Waals surface area contributed by atoms with Crippen molar-refractivity contribution in [2.75, 3.05) is 19.0 Å². The summed E-state index contributed by atoms with van der Waals surface area (Å²) in [5.41, 5.74) is 1.98. The molecule has 0 aliphatic carbocycles. The summed E-state index contributed by atoms with van der Waals surface area (Å²) in [7, 11) is 3.89. The summed E-state index contributed by atoms with van der Waals surface area (Å²) >= 11 is 1.61. The van der Waals surface area contributed by atoms with Crippen LogP contribution in [0.1, 0.15) is 24.2 Å². The fourth-order valence-electron chi connectivity index (χ4n) is 1.78. The topological polar surface area (TPSA) is 28.2 Å². The first-order valence-corrected chi connectivity index (χ1v) is 7.06. The third-order valence-electron chi connectivity index (χ3n) is 3.02. The second kappa shape index (κ2) is 6.12. The maximum absolute atomic E-state index is 13.1. The number of nitrogens with zero attached hydrogens (tertiary/aromatic N) is 2. The van der Waals surface area contributed by atoms with Crippen LogP contribution in [0, 0.1) is 5.82 Å². The number of anilines is 1. The van der Waals surface area contributed by atoms with E-state index < -0.39 is 0 Å². The first-order valence-electron chi connectivity index (χ1n) is 6.18. The van der Waals surface area contributed by atoms with E-state index in [4.69, 9.17) is 0 Å². The van der Waals surface area contributed by atoms with E-state index in [-0.39, 0.29) is 11.9 Å². The Balaban J connectivity index is 2.07. The van der Waals surface area contributed by atoms with E-state index in [1.54, 1.807) is 23.5 Å². The van der Waals surface area contributed by atoms with Crippen LogP contribution in [0.4, 0.5) is 9.52 Å². The van der Waals surface area contributed by atoms with Crippen molar-refractivity contribution in [2.45, 2.75) is 19.5 Å². The minimum absolute atomic E-state index is 0.200. The van der Waals surface area contributed by atoms with Crippen LogP contribution in [-0.4, -0.2) is 19.1 Å². The van der Waals surface area contributed by atoms with Gasteiger partial charge in [-0.1, -0.05) is 12.1 Å². The highest BCUT2D eigenvalue weighted by atomic mass is 32.1. The molecule has 0 spiro atoms. The van der Waals surface area contributed by atoms with Gasteiger partial charge >= 0.3 is 0 Å². The van der Waals surface area contributed by atoms with Crippen LogP contribution in [-0.2, 0) is 6.54 Å². The average molecular weight is 279 g/mol. The minimum Gasteiger partial charge on any atom is -0.347 e. The zero-order valence-electron chi connectivity index (χ0n) is 11.4. The fraction of sp³-hybridized carbons (Fsp3) is 0.357. The van der Waals surface area contributed by atoms with E-state index in [2.05, 4.69) is 22.6 Å². The molecule has 19 heavy (non-hydrogen) atoms. The Kier molecular flexibility index (Phi) is 4.50. The monoisotopic (exact) mass is 279 g/mol. The molecule has 1 N–H and O–H groups in total. The van der Waals surface area contributed by atoms with Crippen molar-refractivity contribution in [2.24, 2.45) is 0 Å². The fourth-order valence-corrected chi connectivity index (χ4v) is 2.66. The lowest BCUT2D eigenvalue weighted by Gasteiger charge is -2.16. The number of aromatic nitrogens is 1. The van der Waals surface area contributed by atoms with Gasteiger partial charge in [0, 0.05) is 25.0 Å². The van der Waals surface area contributed by atoms with Gasteiger partial charge in [-0.25, -0.2) is 9.37 Å². The summed E-state index contributed by atoms with van der Waals surface area (Å²) in [4.78, 5) is 6.62. The first-order chi connectivity index (χ1) is 9.10. The largest absolute Gasteiger partial charge is 0.347 e. The van der Waals surface area contributed by atoms with Crippen molar-refractivity contribution < 1.29 is 4.39 Å². The Bertz CT molecular complexity index is 541. The Morgan fingerprint density at radius 1 is 1.47 bits per heavy atom. The van der Waals surface area contributed by atoms with E-state index in [1.807, 2.05) is 25.1 Å². The van der Waals surface area contributed by atoms with E-state index in [9.17, 15) is 4.39 Å². The highest BCUT2D eigenvalue weighted by molar-refractivity contribution is 7.13. The number of hydrogen-bond acceptors (Lipinski definition) is 4. The minimum atomic E-state index is -0.200. The second-order valence-corrected chi connectivity index (χ2v) is 5.39. The highest BCUT2D eigenvalue weighted by Crippen LogP contribution is 2.24. The van der Waals surface area contributed by atoms with Gasteiger partial charge in [-0.05, 0) is 31.7 Å². The molecule has 0 saturated heterocycles. The van der Waals surface area contributed by atoms with E-state index >= 15 is 0 Å². The lowest BCUT2D eigenvalue weighted by Crippen LogP contribution is -2.17. The number of halogens is 1. The van der Waals surface area contributed by atoms with Crippen LogP contribution >= 0.6 is 11.3 Å². The molecule has 1 unspecified atom stereocenters. The Labute approximate surface area is 117 Å². The summed E-state index contributed by atoms with van der Waals surface area (Å²) in [6.45, 7) is 2.73. The average Bonchev–Trinajstić information content (AvgIpc) is 2.87. The molecule has 0 amide bonds. The number of hydrogen-bond donors (Lipinski definition) is 1. The summed E-state index contributed by atoms with van der Waals surface area (Å²) in [6, 6.07) is 6.91. The molecule has 0 fully saturated rings. The highest BCUT2D eigenvalue weighted by Gasteiger charge is 2.11. The number of rotatable bonds is 5. The van der Waals surface area contributed by atoms with Gasteiger partial charge in [-0.15, -0.1) is 11.3 Å². The van der Waals surface area contributed by atoms with Gasteiger partial charge < -0.3 is 10.2 Å². The van der Waals surface area contributed by atoms with Crippen LogP contribution in [0.25, 0.3) is 0 Å². The molecular formula is C14H18FN3S. The Morgan fingerprint density at radius 2 is 2.26 bits per heavy atom. The molecule has 0 radical (unpaired) electrons. The van der Waals surface area contributed by atoms with Crippen molar-refractivity contribution in [3.8, 4) is 0 Å². The Hall–Kier alpha value is -1.46. The van der Waals surface area contributed by atoms with Crippen molar-refractivity contribution in [3.05, 3.63) is 46.7 Å². The standard InChI is InChI=1S/C14H18FN3S/c1-10(16-2)13-9-19-14(17-13)18(3)8-11-5-4-6-12(15)7-11/h4-7,9-10,16H,8H2,1-3H3. The van der Waals surface area contributed by atoms with Gasteiger partial charge in [-0.2, -0.15) is 0 Å². The normalized spacial score (nSPS) is 12.4. The van der Waals surface area contributed by atoms with Gasteiger partial charge in [0.1, 0.15) is 5.82 Å². The van der Waals surface area contributed by atoms with E-state index in [1.165, 1.54) is 6.07 Å². The molecule has 2 rings (SSSR count). The smallest absolute Gasteiger partial charge is 0.185 e. The zero-order valence-corrected chi connectivity index (χ0v) is 12.2. The third kappa shape index (κ3) is 3.52. The molecule has 1 aromatic carbocycles. The van der Waals surface area contributed by atoms with Crippen LogP contribution in [0.3, 0.4) is 0 Å². The van der Waals surface area contributed by atoms with Crippen LogP contribution in [0.2, 0.25) is 0 Å². The van der Waals surface area contributed by atoms with Gasteiger partial charge in [-0.3, -0.25) is 0 Å². The molecule has 3 nitrogen and oxygen atoms in total. The number of thiazole rings is 1. The SMILES string of the molecule is CNC(C)c1csc(N(C)Cc2cccc(F)c2)n1. The predicted octanol–water partition coefficient (Wildman–Crippen LogP) is 3.20. The molecule has 1 aromatic heterocycles. The molecule has 0 saturated carbocycles. The van der Waals surface area contributed by atoms with Crippen LogP contribution < -0.4 is 10.2 Å². The number of nitrogens with one attached hydrogen (secondary N) is 1. The predicted molar refractivity (Wildman–Crippen MR) is 78.1 cm³/mol. The molecule has 5 heteroatoms. The van der Waals surface area contributed by atoms with Crippen molar-refractivity contribution in [1.82, 2.24) is 10.3 Å². The molecule has 0 aliphatic rings.